The van der Waals surface area contributed by atoms with Crippen LogP contribution in [0.3, 0.4) is 0 Å². The first-order valence-electron chi connectivity index (χ1n) is 6.12. The molecule has 1 aromatic heterocycles. The summed E-state index contributed by atoms with van der Waals surface area (Å²) in [6.07, 6.45) is 2.88. The lowest BCUT2D eigenvalue weighted by molar-refractivity contribution is 0.276. The fourth-order valence-corrected chi connectivity index (χ4v) is 2.76. The Hall–Kier alpha value is -0.230. The van der Waals surface area contributed by atoms with Crippen molar-refractivity contribution in [1.29, 1.82) is 0 Å². The van der Waals surface area contributed by atoms with Gasteiger partial charge in [-0.05, 0) is 19.6 Å². The summed E-state index contributed by atoms with van der Waals surface area (Å²) >= 11 is 7.90. The molecule has 104 valence electrons. The zero-order valence-electron chi connectivity index (χ0n) is 11.4. The first-order chi connectivity index (χ1) is 8.54. The van der Waals surface area contributed by atoms with Gasteiger partial charge in [0.15, 0.2) is 0 Å². The number of aromatic nitrogens is 2. The Morgan fingerprint density at radius 1 is 1.56 bits per heavy atom. The quantitative estimate of drug-likeness (QED) is 0.805. The number of nitrogens with one attached hydrogen (secondary N) is 1. The maximum absolute atomic E-state index is 9.25. The molecule has 0 aliphatic carbocycles. The fourth-order valence-electron chi connectivity index (χ4n) is 1.89. The molecule has 0 bridgehead atoms. The Labute approximate surface area is 118 Å². The van der Waals surface area contributed by atoms with E-state index in [-0.39, 0.29) is 17.9 Å². The molecule has 0 spiro atoms. The summed E-state index contributed by atoms with van der Waals surface area (Å²) in [5.74, 6) is 0. The van der Waals surface area contributed by atoms with Crippen LogP contribution in [0.1, 0.15) is 25.1 Å². The highest BCUT2D eigenvalue weighted by Crippen LogP contribution is 2.20. The second-order valence-corrected chi connectivity index (χ2v) is 5.75. The normalized spacial score (nSPS) is 14.8. The Balaban J connectivity index is 2.68. The second-order valence-electron chi connectivity index (χ2n) is 4.32. The predicted octanol–water partition coefficient (Wildman–Crippen LogP) is 1.84. The lowest BCUT2D eigenvalue weighted by Gasteiger charge is -2.21. The van der Waals surface area contributed by atoms with Crippen LogP contribution in [0.4, 0.5) is 0 Å². The summed E-state index contributed by atoms with van der Waals surface area (Å²) in [5.41, 5.74) is 2.10. The predicted molar refractivity (Wildman–Crippen MR) is 78.3 cm³/mol. The lowest BCUT2D eigenvalue weighted by Crippen LogP contribution is -2.37. The van der Waals surface area contributed by atoms with E-state index in [0.717, 1.165) is 17.7 Å². The zero-order chi connectivity index (χ0) is 13.7. The number of halogens is 1. The van der Waals surface area contributed by atoms with Gasteiger partial charge < -0.3 is 10.4 Å². The highest BCUT2D eigenvalue weighted by Gasteiger charge is 2.17. The monoisotopic (exact) mass is 291 g/mol. The largest absolute Gasteiger partial charge is 0.395 e. The number of aliphatic hydroxyl groups excluding tert-OH is 1. The van der Waals surface area contributed by atoms with Crippen LogP contribution in [0.15, 0.2) is 0 Å². The van der Waals surface area contributed by atoms with Gasteiger partial charge in [-0.1, -0.05) is 18.5 Å². The fraction of sp³-hybridized carbons (Fsp3) is 0.750. The molecular formula is C12H22ClN3OS. The highest BCUT2D eigenvalue weighted by molar-refractivity contribution is 7.99. The van der Waals surface area contributed by atoms with Crippen molar-refractivity contribution in [2.24, 2.45) is 7.05 Å². The minimum atomic E-state index is 0.177. The van der Waals surface area contributed by atoms with Crippen LogP contribution in [0.2, 0.25) is 5.15 Å². The lowest BCUT2D eigenvalue weighted by atomic mass is 10.2. The van der Waals surface area contributed by atoms with Crippen LogP contribution < -0.4 is 5.32 Å². The number of aryl methyl sites for hydroxylation is 2. The summed E-state index contributed by atoms with van der Waals surface area (Å²) in [5, 5.41) is 17.9. The topological polar surface area (TPSA) is 50.1 Å². The minimum absolute atomic E-state index is 0.177. The summed E-state index contributed by atoms with van der Waals surface area (Å²) in [6, 6.07) is 0.228. The van der Waals surface area contributed by atoms with E-state index in [1.165, 1.54) is 0 Å². The summed E-state index contributed by atoms with van der Waals surface area (Å²) in [7, 11) is 1.85. The third-order valence-electron chi connectivity index (χ3n) is 3.13. The standard InChI is InChI=1S/C12H22ClN3OS/c1-5-10-9(12(13)16(3)15-10)6-14-8(2)11(7-17)18-4/h8,11,14,17H,5-7H2,1-4H3. The van der Waals surface area contributed by atoms with Gasteiger partial charge in [-0.2, -0.15) is 16.9 Å². The molecule has 2 N–H and O–H groups in total. The molecule has 6 heteroatoms. The summed E-state index contributed by atoms with van der Waals surface area (Å²) in [6.45, 7) is 5.02. The number of aliphatic hydroxyl groups is 1. The number of thioether (sulfide) groups is 1. The van der Waals surface area contributed by atoms with E-state index in [1.54, 1.807) is 16.4 Å². The molecule has 18 heavy (non-hydrogen) atoms. The molecule has 4 nitrogen and oxygen atoms in total. The third kappa shape index (κ3) is 3.63. The molecule has 0 aliphatic rings. The first kappa shape index (κ1) is 15.8. The zero-order valence-corrected chi connectivity index (χ0v) is 13.0. The SMILES string of the molecule is CCc1nn(C)c(Cl)c1CNC(C)C(CO)SC. The highest BCUT2D eigenvalue weighted by atomic mass is 35.5. The average Bonchev–Trinajstić information content (AvgIpc) is 2.64. The number of nitrogens with zero attached hydrogens (tertiary/aromatic N) is 2. The van der Waals surface area contributed by atoms with E-state index >= 15 is 0 Å². The average molecular weight is 292 g/mol. The molecule has 1 rings (SSSR count). The summed E-state index contributed by atoms with van der Waals surface area (Å²) < 4.78 is 1.71. The smallest absolute Gasteiger partial charge is 0.131 e. The van der Waals surface area contributed by atoms with Gasteiger partial charge in [0.1, 0.15) is 5.15 Å². The Morgan fingerprint density at radius 2 is 2.22 bits per heavy atom. The van der Waals surface area contributed by atoms with Gasteiger partial charge in [-0.3, -0.25) is 4.68 Å². The van der Waals surface area contributed by atoms with E-state index in [0.29, 0.717) is 11.7 Å². The van der Waals surface area contributed by atoms with Crippen LogP contribution in [-0.4, -0.2) is 39.0 Å². The Bertz CT molecular complexity index is 380. The Morgan fingerprint density at radius 3 is 2.72 bits per heavy atom. The van der Waals surface area contributed by atoms with Crippen molar-refractivity contribution in [3.8, 4) is 0 Å². The molecule has 1 heterocycles. The van der Waals surface area contributed by atoms with Crippen LogP contribution >= 0.6 is 23.4 Å². The van der Waals surface area contributed by atoms with Gasteiger partial charge in [-0.15, -0.1) is 0 Å². The molecule has 0 saturated heterocycles. The molecule has 0 saturated carbocycles. The van der Waals surface area contributed by atoms with Gasteiger partial charge >= 0.3 is 0 Å². The molecule has 2 unspecified atom stereocenters. The molecule has 0 aliphatic heterocycles. The maximum atomic E-state index is 9.25. The molecule has 0 aromatic carbocycles. The number of hydrogen-bond donors (Lipinski definition) is 2. The van der Waals surface area contributed by atoms with E-state index in [1.807, 2.05) is 13.3 Å². The van der Waals surface area contributed by atoms with Crippen molar-refractivity contribution < 1.29 is 5.11 Å². The van der Waals surface area contributed by atoms with Crippen molar-refractivity contribution in [3.63, 3.8) is 0 Å². The minimum Gasteiger partial charge on any atom is -0.395 e. The van der Waals surface area contributed by atoms with Gasteiger partial charge in [0.2, 0.25) is 0 Å². The molecule has 2 atom stereocenters. The van der Waals surface area contributed by atoms with Crippen molar-refractivity contribution in [3.05, 3.63) is 16.4 Å². The van der Waals surface area contributed by atoms with Crippen molar-refractivity contribution in [2.75, 3.05) is 12.9 Å². The van der Waals surface area contributed by atoms with E-state index in [4.69, 9.17) is 11.6 Å². The second kappa shape index (κ2) is 7.38. The van der Waals surface area contributed by atoms with Gasteiger partial charge in [-0.25, -0.2) is 0 Å². The summed E-state index contributed by atoms with van der Waals surface area (Å²) in [4.78, 5) is 0. The van der Waals surface area contributed by atoms with Crippen molar-refractivity contribution in [2.45, 2.75) is 38.1 Å². The van der Waals surface area contributed by atoms with Crippen molar-refractivity contribution in [1.82, 2.24) is 15.1 Å². The maximum Gasteiger partial charge on any atom is 0.131 e. The van der Waals surface area contributed by atoms with Gasteiger partial charge in [0.05, 0.1) is 12.3 Å². The molecule has 0 radical (unpaired) electrons. The van der Waals surface area contributed by atoms with Crippen molar-refractivity contribution >= 4 is 23.4 Å². The van der Waals surface area contributed by atoms with E-state index in [2.05, 4.69) is 24.3 Å². The number of rotatable bonds is 7. The first-order valence-corrected chi connectivity index (χ1v) is 7.78. The van der Waals surface area contributed by atoms with Crippen LogP contribution in [-0.2, 0) is 20.0 Å². The molecule has 0 fully saturated rings. The van der Waals surface area contributed by atoms with Crippen LogP contribution in [0.25, 0.3) is 0 Å². The van der Waals surface area contributed by atoms with Gasteiger partial charge in [0, 0.05) is 30.4 Å². The van der Waals surface area contributed by atoms with E-state index < -0.39 is 0 Å². The molecular weight excluding hydrogens is 270 g/mol. The Kier molecular flexibility index (Phi) is 6.49. The van der Waals surface area contributed by atoms with Crippen LogP contribution in [0.5, 0.6) is 0 Å². The molecule has 0 amide bonds. The van der Waals surface area contributed by atoms with E-state index in [9.17, 15) is 5.11 Å². The molecule has 1 aromatic rings. The van der Waals surface area contributed by atoms with Gasteiger partial charge in [0.25, 0.3) is 0 Å². The van der Waals surface area contributed by atoms with Crippen LogP contribution in [0, 0.1) is 0 Å². The number of hydrogen-bond acceptors (Lipinski definition) is 4. The third-order valence-corrected chi connectivity index (χ3v) is 4.76.